The number of anilines is 1. The normalized spacial score (nSPS) is 14.7. The van der Waals surface area contributed by atoms with Crippen molar-refractivity contribution in [2.45, 2.75) is 19.5 Å². The van der Waals surface area contributed by atoms with Crippen LogP contribution in [-0.2, 0) is 16.1 Å². The number of hydrogen-bond acceptors (Lipinski definition) is 6. The first-order chi connectivity index (χ1) is 17.5. The average molecular weight is 488 g/mol. The second kappa shape index (κ2) is 12.2. The van der Waals surface area contributed by atoms with E-state index in [9.17, 15) is 9.59 Å². The smallest absolute Gasteiger partial charge is 0.309 e. The van der Waals surface area contributed by atoms with E-state index in [1.807, 2.05) is 61.7 Å². The highest BCUT2D eigenvalue weighted by atomic mass is 16.5. The number of nitrogens with zero attached hydrogens (tertiary/aromatic N) is 3. The largest absolute Gasteiger partial charge is 0.497 e. The van der Waals surface area contributed by atoms with Gasteiger partial charge in [0.05, 0.1) is 13.2 Å². The van der Waals surface area contributed by atoms with Crippen molar-refractivity contribution in [3.05, 3.63) is 89.7 Å². The summed E-state index contributed by atoms with van der Waals surface area (Å²) in [4.78, 5) is 33.9. The Hall–Kier alpha value is -3.91. The number of carbonyl (C=O) groups is 2. The average Bonchev–Trinajstić information content (AvgIpc) is 2.93. The molecule has 8 heteroatoms. The van der Waals surface area contributed by atoms with Gasteiger partial charge in [-0.25, -0.2) is 0 Å². The number of piperazine rings is 1. The summed E-state index contributed by atoms with van der Waals surface area (Å²) in [6.07, 6.45) is 3.56. The van der Waals surface area contributed by atoms with Crippen molar-refractivity contribution in [1.29, 1.82) is 0 Å². The number of aryl methyl sites for hydroxylation is 1. The molecule has 0 bridgehead atoms. The first-order valence-corrected chi connectivity index (χ1v) is 12.2. The molecular formula is C28H33N5O3. The fourth-order valence-electron chi connectivity index (χ4n) is 4.35. The fraction of sp³-hybridized carbons (Fsp3) is 0.321. The molecule has 4 rings (SSSR count). The van der Waals surface area contributed by atoms with E-state index in [1.165, 1.54) is 0 Å². The topological polar surface area (TPSA) is 86.8 Å². The molecule has 36 heavy (non-hydrogen) atoms. The van der Waals surface area contributed by atoms with Gasteiger partial charge in [0.15, 0.2) is 0 Å². The van der Waals surface area contributed by atoms with Gasteiger partial charge >= 0.3 is 11.8 Å². The van der Waals surface area contributed by atoms with Crippen LogP contribution in [0.4, 0.5) is 5.69 Å². The summed E-state index contributed by atoms with van der Waals surface area (Å²) < 4.78 is 5.26. The van der Waals surface area contributed by atoms with E-state index < -0.39 is 11.8 Å². The van der Waals surface area contributed by atoms with Crippen LogP contribution in [0.2, 0.25) is 0 Å². The number of methoxy groups -OCH3 is 1. The van der Waals surface area contributed by atoms with Crippen LogP contribution in [0.25, 0.3) is 0 Å². The molecule has 8 nitrogen and oxygen atoms in total. The van der Waals surface area contributed by atoms with E-state index in [2.05, 4.69) is 37.6 Å². The number of rotatable bonds is 8. The number of hydrogen-bond donors (Lipinski definition) is 2. The fourth-order valence-corrected chi connectivity index (χ4v) is 4.35. The molecule has 1 unspecified atom stereocenters. The van der Waals surface area contributed by atoms with Crippen molar-refractivity contribution in [3.63, 3.8) is 0 Å². The molecule has 2 aromatic carbocycles. The van der Waals surface area contributed by atoms with Crippen LogP contribution < -0.4 is 20.3 Å². The number of pyridine rings is 1. The zero-order valence-corrected chi connectivity index (χ0v) is 20.8. The zero-order chi connectivity index (χ0) is 25.3. The highest BCUT2D eigenvalue weighted by molar-refractivity contribution is 6.35. The third-order valence-electron chi connectivity index (χ3n) is 6.50. The molecule has 1 fully saturated rings. The maximum absolute atomic E-state index is 12.6. The van der Waals surface area contributed by atoms with Crippen molar-refractivity contribution in [2.24, 2.45) is 0 Å². The lowest BCUT2D eigenvalue weighted by atomic mass is 10.1. The first-order valence-electron chi connectivity index (χ1n) is 12.2. The summed E-state index contributed by atoms with van der Waals surface area (Å²) in [6.45, 7) is 5.99. The van der Waals surface area contributed by atoms with E-state index in [4.69, 9.17) is 4.74 Å². The van der Waals surface area contributed by atoms with Crippen LogP contribution in [-0.4, -0.2) is 61.5 Å². The molecule has 0 radical (unpaired) electrons. The molecule has 2 N–H and O–H groups in total. The second-order valence-corrected chi connectivity index (χ2v) is 8.90. The van der Waals surface area contributed by atoms with Gasteiger partial charge < -0.3 is 20.3 Å². The van der Waals surface area contributed by atoms with Crippen LogP contribution in [0, 0.1) is 6.92 Å². The molecule has 0 aliphatic carbocycles. The molecule has 1 aromatic heterocycles. The van der Waals surface area contributed by atoms with Gasteiger partial charge in [0.2, 0.25) is 0 Å². The third-order valence-corrected chi connectivity index (χ3v) is 6.50. The lowest BCUT2D eigenvalue weighted by Crippen LogP contribution is -2.50. The van der Waals surface area contributed by atoms with Crippen molar-refractivity contribution in [1.82, 2.24) is 20.5 Å². The van der Waals surface area contributed by atoms with Gasteiger partial charge in [-0.1, -0.05) is 35.9 Å². The van der Waals surface area contributed by atoms with Crippen LogP contribution in [0.3, 0.4) is 0 Å². The standard InChI is InChI=1S/C28H33N5O3/c1-21-5-7-22(8-6-21)18-30-27(34)28(35)31-20-26(23-4-3-13-29-19-23)33-16-14-32(15-17-33)24-9-11-25(36-2)12-10-24/h3-13,19,26H,14-18,20H2,1-2H3,(H,30,34)(H,31,35). The summed E-state index contributed by atoms with van der Waals surface area (Å²) in [6, 6.07) is 19.8. The zero-order valence-electron chi connectivity index (χ0n) is 20.8. The summed E-state index contributed by atoms with van der Waals surface area (Å²) in [7, 11) is 1.67. The molecular weight excluding hydrogens is 454 g/mol. The van der Waals surface area contributed by atoms with E-state index in [0.717, 1.165) is 54.3 Å². The highest BCUT2D eigenvalue weighted by Gasteiger charge is 2.26. The van der Waals surface area contributed by atoms with E-state index >= 15 is 0 Å². The molecule has 0 saturated carbocycles. The van der Waals surface area contributed by atoms with E-state index in [1.54, 1.807) is 13.3 Å². The van der Waals surface area contributed by atoms with Crippen LogP contribution in [0.5, 0.6) is 5.75 Å². The molecule has 0 spiro atoms. The third kappa shape index (κ3) is 6.60. The Bertz CT molecular complexity index is 1130. The number of aromatic nitrogens is 1. The van der Waals surface area contributed by atoms with Gasteiger partial charge in [-0.3, -0.25) is 19.5 Å². The van der Waals surface area contributed by atoms with Crippen LogP contribution >= 0.6 is 0 Å². The van der Waals surface area contributed by atoms with Crippen LogP contribution in [0.15, 0.2) is 73.1 Å². The van der Waals surface area contributed by atoms with Gasteiger partial charge in [0.1, 0.15) is 5.75 Å². The molecule has 1 aliphatic heterocycles. The van der Waals surface area contributed by atoms with Crippen molar-refractivity contribution in [2.75, 3.05) is 44.7 Å². The lowest BCUT2D eigenvalue weighted by molar-refractivity contribution is -0.139. The predicted octanol–water partition coefficient (Wildman–Crippen LogP) is 2.69. The Labute approximate surface area is 212 Å². The molecule has 1 saturated heterocycles. The number of amides is 2. The first kappa shape index (κ1) is 25.2. The highest BCUT2D eigenvalue weighted by Crippen LogP contribution is 2.25. The Kier molecular flexibility index (Phi) is 8.52. The summed E-state index contributed by atoms with van der Waals surface area (Å²) in [5.74, 6) is -0.426. The van der Waals surface area contributed by atoms with E-state index in [0.29, 0.717) is 13.1 Å². The van der Waals surface area contributed by atoms with Gasteiger partial charge in [-0.15, -0.1) is 0 Å². The van der Waals surface area contributed by atoms with Crippen molar-refractivity contribution >= 4 is 17.5 Å². The SMILES string of the molecule is COc1ccc(N2CCN(C(CNC(=O)C(=O)NCc3ccc(C)cc3)c3cccnc3)CC2)cc1. The minimum Gasteiger partial charge on any atom is -0.497 e. The monoisotopic (exact) mass is 487 g/mol. The van der Waals surface area contributed by atoms with E-state index in [-0.39, 0.29) is 6.04 Å². The molecule has 2 heterocycles. The number of nitrogens with one attached hydrogen (secondary N) is 2. The minimum absolute atomic E-state index is 0.0782. The second-order valence-electron chi connectivity index (χ2n) is 8.90. The summed E-state index contributed by atoms with van der Waals surface area (Å²) >= 11 is 0. The Balaban J connectivity index is 1.33. The quantitative estimate of drug-likeness (QED) is 0.475. The molecule has 188 valence electrons. The minimum atomic E-state index is -0.634. The van der Waals surface area contributed by atoms with Crippen molar-refractivity contribution < 1.29 is 14.3 Å². The van der Waals surface area contributed by atoms with Gasteiger partial charge in [0, 0.05) is 57.3 Å². The molecule has 3 aromatic rings. The Morgan fingerprint density at radius 2 is 1.64 bits per heavy atom. The predicted molar refractivity (Wildman–Crippen MR) is 140 cm³/mol. The summed E-state index contributed by atoms with van der Waals surface area (Å²) in [5.41, 5.74) is 4.27. The number of carbonyl (C=O) groups excluding carboxylic acids is 2. The van der Waals surface area contributed by atoms with Gasteiger partial charge in [0.25, 0.3) is 0 Å². The van der Waals surface area contributed by atoms with Crippen molar-refractivity contribution in [3.8, 4) is 5.75 Å². The summed E-state index contributed by atoms with van der Waals surface area (Å²) in [5, 5.41) is 5.53. The number of benzene rings is 2. The molecule has 1 aliphatic rings. The maximum atomic E-state index is 12.6. The van der Waals surface area contributed by atoms with Crippen LogP contribution in [0.1, 0.15) is 22.7 Å². The molecule has 1 atom stereocenters. The Morgan fingerprint density at radius 1 is 0.944 bits per heavy atom. The Morgan fingerprint density at radius 3 is 2.28 bits per heavy atom. The maximum Gasteiger partial charge on any atom is 0.309 e. The lowest BCUT2D eigenvalue weighted by Gasteiger charge is -2.40. The van der Waals surface area contributed by atoms with Gasteiger partial charge in [-0.2, -0.15) is 0 Å². The van der Waals surface area contributed by atoms with Gasteiger partial charge in [-0.05, 0) is 48.4 Å². The molecule has 2 amide bonds. The number of ether oxygens (including phenoxy) is 1.